The third-order valence-electron chi connectivity index (χ3n) is 18.0. The highest BCUT2D eigenvalue weighted by molar-refractivity contribution is 5.94. The van der Waals surface area contributed by atoms with Crippen molar-refractivity contribution in [3.05, 3.63) is 133 Å². The zero-order chi connectivity index (χ0) is 61.7. The summed E-state index contributed by atoms with van der Waals surface area (Å²) in [5.74, 6) is 3.98. The minimum absolute atomic E-state index is 0. The fourth-order valence-electron chi connectivity index (χ4n) is 13.7. The van der Waals surface area contributed by atoms with Gasteiger partial charge in [-0.3, -0.25) is 9.80 Å². The second kappa shape index (κ2) is 23.4. The number of hydrogen-bond acceptors (Lipinski definition) is 12. The van der Waals surface area contributed by atoms with Gasteiger partial charge in [0.25, 0.3) is 0 Å². The Morgan fingerprint density at radius 3 is 1.26 bits per heavy atom. The van der Waals surface area contributed by atoms with Gasteiger partial charge in [-0.05, 0) is 155 Å². The van der Waals surface area contributed by atoms with Crippen LogP contribution in [0.3, 0.4) is 0 Å². The van der Waals surface area contributed by atoms with E-state index in [0.717, 1.165) is 138 Å². The number of ether oxygens (including phenoxy) is 4. The molecule has 4 atom stereocenters. The number of hydrogen-bond donors (Lipinski definition) is 6. The van der Waals surface area contributed by atoms with E-state index in [1.165, 1.54) is 0 Å². The van der Waals surface area contributed by atoms with Crippen molar-refractivity contribution in [1.82, 2.24) is 69.4 Å². The number of imidazole rings is 4. The van der Waals surface area contributed by atoms with Gasteiger partial charge in [-0.1, -0.05) is 24.3 Å². The minimum Gasteiger partial charge on any atom is -0.472 e. The van der Waals surface area contributed by atoms with E-state index in [1.807, 2.05) is 136 Å². The Labute approximate surface area is 530 Å². The van der Waals surface area contributed by atoms with Crippen LogP contribution in [0.25, 0.3) is 89.4 Å². The summed E-state index contributed by atoms with van der Waals surface area (Å²) < 4.78 is 59.8. The van der Waals surface area contributed by atoms with Crippen LogP contribution in [-0.4, -0.2) is 108 Å². The number of H-pyrrole nitrogens is 4. The molecule has 0 aliphatic carbocycles. The average molecular weight is 1260 g/mol. The molecule has 6 aliphatic rings. The van der Waals surface area contributed by atoms with Crippen molar-refractivity contribution in [2.75, 3.05) is 26.2 Å². The average Bonchev–Trinajstić information content (AvgIpc) is 1.61. The summed E-state index contributed by atoms with van der Waals surface area (Å²) in [5.41, 5.74) is 9.67. The zero-order valence-electron chi connectivity index (χ0n) is 51.6. The van der Waals surface area contributed by atoms with Crippen molar-refractivity contribution in [3.63, 3.8) is 0 Å². The molecule has 6 aliphatic heterocycles. The molecular formula is C68H73ClF2N14O6. The summed E-state index contributed by atoms with van der Waals surface area (Å²) in [6, 6.07) is 23.3. The van der Waals surface area contributed by atoms with E-state index in [-0.39, 0.29) is 73.9 Å². The summed E-state index contributed by atoms with van der Waals surface area (Å²) in [4.78, 5) is 61.3. The number of likely N-dealkylation sites (tertiary alicyclic amines) is 2. The fourth-order valence-corrected chi connectivity index (χ4v) is 13.7. The first-order chi connectivity index (χ1) is 43.5. The maximum absolute atomic E-state index is 16.4. The Morgan fingerprint density at radius 1 is 0.505 bits per heavy atom. The van der Waals surface area contributed by atoms with Gasteiger partial charge in [-0.2, -0.15) is 0 Å². The number of amides is 2. The highest BCUT2D eigenvalue weighted by Crippen LogP contribution is 2.46. The molecule has 4 saturated heterocycles. The normalized spacial score (nSPS) is 19.3. The molecule has 472 valence electrons. The number of carbonyl (C=O) groups excluding carboxylic acids is 2. The van der Waals surface area contributed by atoms with Crippen LogP contribution in [0.4, 0.5) is 18.4 Å². The van der Waals surface area contributed by atoms with Gasteiger partial charge in [0.1, 0.15) is 46.0 Å². The second-order valence-corrected chi connectivity index (χ2v) is 26.3. The number of benzene rings is 4. The van der Waals surface area contributed by atoms with E-state index in [4.69, 9.17) is 18.9 Å². The molecule has 10 aromatic rings. The molecule has 4 aromatic carbocycles. The zero-order valence-corrected chi connectivity index (χ0v) is 52.5. The lowest BCUT2D eigenvalue weighted by Gasteiger charge is -2.27. The molecule has 91 heavy (non-hydrogen) atoms. The minimum atomic E-state index is -0.588. The maximum Gasteiger partial charge on any atom is 0.410 e. The molecule has 23 heteroatoms. The third-order valence-corrected chi connectivity index (χ3v) is 18.0. The molecule has 6 N–H and O–H groups in total. The second-order valence-electron chi connectivity index (χ2n) is 26.3. The molecule has 0 bridgehead atoms. The molecule has 2 amide bonds. The Kier molecular flexibility index (Phi) is 15.3. The van der Waals surface area contributed by atoms with Crippen LogP contribution in [0.15, 0.2) is 97.6 Å². The van der Waals surface area contributed by atoms with Crippen LogP contribution in [0.1, 0.15) is 140 Å². The van der Waals surface area contributed by atoms with E-state index >= 15 is 8.78 Å². The molecule has 0 saturated carbocycles. The Balaban J connectivity index is 0.000000164. The van der Waals surface area contributed by atoms with Gasteiger partial charge >= 0.3 is 12.2 Å². The van der Waals surface area contributed by atoms with Gasteiger partial charge in [-0.25, -0.2) is 38.3 Å². The van der Waals surface area contributed by atoms with Crippen molar-refractivity contribution in [2.24, 2.45) is 0 Å². The maximum atomic E-state index is 16.4. The third kappa shape index (κ3) is 11.1. The largest absolute Gasteiger partial charge is 0.472 e. The quantitative estimate of drug-likeness (QED) is 0.0835. The topological polar surface area (TPSA) is 226 Å². The number of nitrogens with one attached hydrogen (secondary N) is 6. The Morgan fingerprint density at radius 2 is 0.879 bits per heavy atom. The Bertz CT molecular complexity index is 4420. The predicted octanol–water partition coefficient (Wildman–Crippen LogP) is 14.6. The number of aromatic nitrogens is 10. The van der Waals surface area contributed by atoms with Crippen molar-refractivity contribution in [2.45, 2.75) is 142 Å². The van der Waals surface area contributed by atoms with Gasteiger partial charge in [0.2, 0.25) is 0 Å². The standard InChI is InChI=1S/C39H44FN7O5.C29H28FN7O.ClH/c1-38(2,3)51-36(48)45-15-7-9-29(45)34-41-19-26(43-34)22-12-14-28-25(17-22)32(40)33-24-13-11-23(18-31(24)50-21-47(28)33)27-20-42-35(44-27)30-10-8-16-46(30)37(49)52-39(4,5)6;30-26-19-11-16(22-13-33-28(35-22)20-3-1-9-31-20)6-8-24(19)37-15-38-25-12-17(5-7-18(25)27(26)37)23-14-34-29(36-23)21-4-2-10-32-21;/h11-14,17-20,29-30H,7-10,15-16,21H2,1-6H3,(H,41,43)(H,42,44);5-8,11-14,20-21,31-32H,1-4,9-10,15H2,(H,33,35)(H,34,36);1H/t29-,30-;20-,21-;/m00./s1. The summed E-state index contributed by atoms with van der Waals surface area (Å²) >= 11 is 0. The van der Waals surface area contributed by atoms with E-state index in [9.17, 15) is 9.59 Å². The number of fused-ring (bicyclic) bond motifs is 10. The summed E-state index contributed by atoms with van der Waals surface area (Å²) in [7, 11) is 0. The monoisotopic (exact) mass is 1250 g/mol. The number of halogens is 3. The molecule has 12 heterocycles. The first-order valence-corrected chi connectivity index (χ1v) is 31.3. The molecule has 20 nitrogen and oxygen atoms in total. The van der Waals surface area contributed by atoms with Gasteiger partial charge in [0.05, 0.1) is 94.2 Å². The van der Waals surface area contributed by atoms with Gasteiger partial charge in [0, 0.05) is 57.2 Å². The van der Waals surface area contributed by atoms with Gasteiger partial charge in [-0.15, -0.1) is 12.4 Å². The van der Waals surface area contributed by atoms with Crippen LogP contribution in [0, 0.1) is 11.6 Å². The van der Waals surface area contributed by atoms with Crippen LogP contribution in [0.2, 0.25) is 0 Å². The van der Waals surface area contributed by atoms with E-state index in [2.05, 4.69) is 50.5 Å². The highest BCUT2D eigenvalue weighted by Gasteiger charge is 2.38. The molecule has 0 unspecified atom stereocenters. The van der Waals surface area contributed by atoms with Gasteiger partial charge < -0.3 is 58.7 Å². The van der Waals surface area contributed by atoms with Crippen molar-refractivity contribution >= 4 is 46.4 Å². The number of rotatable bonds is 8. The molecule has 16 rings (SSSR count). The lowest BCUT2D eigenvalue weighted by molar-refractivity contribution is 0.0208. The number of aromatic amines is 4. The van der Waals surface area contributed by atoms with Crippen LogP contribution >= 0.6 is 12.4 Å². The van der Waals surface area contributed by atoms with Crippen molar-refractivity contribution in [3.8, 4) is 79.0 Å². The van der Waals surface area contributed by atoms with E-state index in [0.29, 0.717) is 64.0 Å². The molecular weight excluding hydrogens is 1180 g/mol. The lowest BCUT2D eigenvalue weighted by Crippen LogP contribution is -2.36. The SMILES string of the molecule is CC(C)(C)OC(=O)N1CCC[C@H]1c1ncc(-c2ccc3c(c2)OCn2c-3c(F)c3cc(-c4cnc([C@@H]5CCCN5C(=O)OC(C)(C)C)[nH]4)ccc32)[nH]1.Cl.Fc1c2n(c3ccc(-c4cnc([C@@H]5CCCN5)[nH]4)cc13)COc1cc(-c3cnc([C@@H]4CCCN4)[nH]3)ccc1-2. The summed E-state index contributed by atoms with van der Waals surface area (Å²) in [5, 5.41) is 8.00. The van der Waals surface area contributed by atoms with Crippen molar-refractivity contribution < 1.29 is 37.3 Å². The molecule has 0 spiro atoms. The van der Waals surface area contributed by atoms with Gasteiger partial charge in [0.15, 0.2) is 25.1 Å². The lowest BCUT2D eigenvalue weighted by atomic mass is 10.0. The first kappa shape index (κ1) is 59.6. The van der Waals surface area contributed by atoms with Crippen molar-refractivity contribution in [1.29, 1.82) is 0 Å². The number of carbonyl (C=O) groups is 2. The molecule has 4 fully saturated rings. The first-order valence-electron chi connectivity index (χ1n) is 31.3. The summed E-state index contributed by atoms with van der Waals surface area (Å²) in [6.45, 7) is 14.8. The van der Waals surface area contributed by atoms with E-state index in [1.54, 1.807) is 22.2 Å². The van der Waals surface area contributed by atoms with E-state index < -0.39 is 11.2 Å². The predicted molar refractivity (Wildman–Crippen MR) is 343 cm³/mol. The highest BCUT2D eigenvalue weighted by atomic mass is 35.5. The van der Waals surface area contributed by atoms with Crippen LogP contribution in [0.5, 0.6) is 11.5 Å². The molecule has 6 aromatic heterocycles. The summed E-state index contributed by atoms with van der Waals surface area (Å²) in [6.07, 6.45) is 14.3. The van der Waals surface area contributed by atoms with Crippen LogP contribution in [-0.2, 0) is 22.9 Å². The molecule has 0 radical (unpaired) electrons. The Hall–Kier alpha value is -8.99. The number of nitrogens with zero attached hydrogens (tertiary/aromatic N) is 8. The van der Waals surface area contributed by atoms with Crippen LogP contribution < -0.4 is 20.1 Å². The fraction of sp³-hybridized carbons (Fsp3) is 0.382. The smallest absolute Gasteiger partial charge is 0.410 e.